The summed E-state index contributed by atoms with van der Waals surface area (Å²) in [5.74, 6) is 0. The predicted octanol–water partition coefficient (Wildman–Crippen LogP) is 7.74. The molecule has 0 unspecified atom stereocenters. The summed E-state index contributed by atoms with van der Waals surface area (Å²) >= 11 is 0. The number of hydrogen-bond acceptors (Lipinski definition) is 0. The van der Waals surface area contributed by atoms with Crippen molar-refractivity contribution in [1.82, 2.24) is 9.13 Å². The van der Waals surface area contributed by atoms with Gasteiger partial charge in [-0.1, -0.05) is 72.8 Å². The van der Waals surface area contributed by atoms with Gasteiger partial charge in [-0.05, 0) is 60.7 Å². The lowest BCUT2D eigenvalue weighted by Gasteiger charge is -2.10. The molecule has 32 heavy (non-hydrogen) atoms. The molecule has 0 saturated heterocycles. The van der Waals surface area contributed by atoms with Crippen molar-refractivity contribution < 1.29 is 0 Å². The predicted molar refractivity (Wildman–Crippen MR) is 135 cm³/mol. The molecular weight excluding hydrogens is 388 g/mol. The molecule has 0 radical (unpaired) electrons. The number of nitrogens with zero attached hydrogens (tertiary/aromatic N) is 2. The third-order valence-corrected chi connectivity index (χ3v) is 5.93. The lowest BCUT2D eigenvalue weighted by Crippen LogP contribution is -1.97. The van der Waals surface area contributed by atoms with Gasteiger partial charge in [-0.3, -0.25) is 0 Å². The molecule has 0 atom stereocenters. The number of fused-ring (bicyclic) bond motifs is 2. The van der Waals surface area contributed by atoms with Gasteiger partial charge in [-0.25, -0.2) is 0 Å². The van der Waals surface area contributed by atoms with E-state index in [1.54, 1.807) is 0 Å². The van der Waals surface area contributed by atoms with E-state index in [0.29, 0.717) is 0 Å². The van der Waals surface area contributed by atoms with Gasteiger partial charge >= 0.3 is 0 Å². The van der Waals surface area contributed by atoms with Crippen molar-refractivity contribution in [2.24, 2.45) is 0 Å². The normalized spacial score (nSPS) is 11.6. The van der Waals surface area contributed by atoms with Gasteiger partial charge in [-0.2, -0.15) is 0 Å². The lowest BCUT2D eigenvalue weighted by atomic mass is 10.2. The molecular formula is C30H22N2. The van der Waals surface area contributed by atoms with E-state index < -0.39 is 0 Å². The smallest absolute Gasteiger partial charge is 0.0534 e. The van der Waals surface area contributed by atoms with Crippen LogP contribution in [0.25, 0.3) is 45.3 Å². The molecule has 6 rings (SSSR count). The molecule has 0 saturated carbocycles. The van der Waals surface area contributed by atoms with E-state index in [1.165, 1.54) is 21.8 Å². The molecule has 0 aliphatic heterocycles. The van der Waals surface area contributed by atoms with Gasteiger partial charge in [0.25, 0.3) is 0 Å². The zero-order chi connectivity index (χ0) is 21.3. The first-order valence-electron chi connectivity index (χ1n) is 10.9. The maximum absolute atomic E-state index is 2.32. The van der Waals surface area contributed by atoms with Crippen LogP contribution in [0.2, 0.25) is 0 Å². The molecule has 152 valence electrons. The van der Waals surface area contributed by atoms with Crippen LogP contribution in [0.1, 0.15) is 11.4 Å². The molecule has 0 spiro atoms. The van der Waals surface area contributed by atoms with E-state index in [-0.39, 0.29) is 0 Å². The third kappa shape index (κ3) is 3.14. The first-order chi connectivity index (χ1) is 15.9. The van der Waals surface area contributed by atoms with E-state index in [2.05, 4.69) is 143 Å². The number of rotatable bonds is 4. The van der Waals surface area contributed by atoms with E-state index in [1.807, 2.05) is 0 Å². The van der Waals surface area contributed by atoms with Crippen LogP contribution in [0.3, 0.4) is 0 Å². The number of hydrogen-bond donors (Lipinski definition) is 0. The van der Waals surface area contributed by atoms with Crippen LogP contribution >= 0.6 is 0 Å². The van der Waals surface area contributed by atoms with Crippen LogP contribution < -0.4 is 0 Å². The average Bonchev–Trinajstić information content (AvgIpc) is 3.41. The molecule has 4 aromatic carbocycles. The fraction of sp³-hybridized carbons (Fsp3) is 0. The SMILES string of the molecule is C(=C/c1cc2ccccc2n1-c1ccccc1)/c1cc2ccccc2n1-c1ccccc1. The van der Waals surface area contributed by atoms with Gasteiger partial charge < -0.3 is 9.13 Å². The van der Waals surface area contributed by atoms with Crippen molar-refractivity contribution in [3.05, 3.63) is 133 Å². The summed E-state index contributed by atoms with van der Waals surface area (Å²) in [7, 11) is 0. The van der Waals surface area contributed by atoms with Crippen LogP contribution in [-0.4, -0.2) is 9.13 Å². The van der Waals surface area contributed by atoms with E-state index >= 15 is 0 Å². The number of para-hydroxylation sites is 4. The van der Waals surface area contributed by atoms with Crippen molar-refractivity contribution in [3.8, 4) is 11.4 Å². The van der Waals surface area contributed by atoms with Crippen molar-refractivity contribution in [2.45, 2.75) is 0 Å². The van der Waals surface area contributed by atoms with Crippen molar-refractivity contribution in [1.29, 1.82) is 0 Å². The Balaban J connectivity index is 1.54. The Morgan fingerprint density at radius 2 is 0.781 bits per heavy atom. The van der Waals surface area contributed by atoms with Crippen LogP contribution in [0.15, 0.2) is 121 Å². The summed E-state index contributed by atoms with van der Waals surface area (Å²) in [4.78, 5) is 0. The highest BCUT2D eigenvalue weighted by Gasteiger charge is 2.11. The molecule has 2 aromatic heterocycles. The zero-order valence-electron chi connectivity index (χ0n) is 17.6. The van der Waals surface area contributed by atoms with E-state index in [4.69, 9.17) is 0 Å². The maximum atomic E-state index is 2.32. The Morgan fingerprint density at radius 1 is 0.406 bits per heavy atom. The minimum Gasteiger partial charge on any atom is -0.310 e. The highest BCUT2D eigenvalue weighted by molar-refractivity contribution is 5.90. The highest BCUT2D eigenvalue weighted by atomic mass is 15.0. The fourth-order valence-corrected chi connectivity index (χ4v) is 4.50. The fourth-order valence-electron chi connectivity index (χ4n) is 4.50. The second-order valence-electron chi connectivity index (χ2n) is 7.93. The molecule has 2 heteroatoms. The molecule has 0 fully saturated rings. The monoisotopic (exact) mass is 410 g/mol. The van der Waals surface area contributed by atoms with Crippen LogP contribution in [-0.2, 0) is 0 Å². The third-order valence-electron chi connectivity index (χ3n) is 5.93. The van der Waals surface area contributed by atoms with E-state index in [0.717, 1.165) is 22.8 Å². The molecule has 0 aliphatic rings. The summed E-state index contributed by atoms with van der Waals surface area (Å²) < 4.78 is 4.64. The van der Waals surface area contributed by atoms with Crippen molar-refractivity contribution in [3.63, 3.8) is 0 Å². The standard InChI is InChI=1S/C30H22N2/c1-3-13-25(14-4-1)31-27(21-23-11-7-9-17-29(23)31)19-20-28-22-24-12-8-10-18-30(24)32(28)26-15-5-2-6-16-26/h1-22H/b20-19-. The summed E-state index contributed by atoms with van der Waals surface area (Å²) in [6.07, 6.45) is 4.45. The van der Waals surface area contributed by atoms with Gasteiger partial charge in [0.15, 0.2) is 0 Å². The van der Waals surface area contributed by atoms with E-state index in [9.17, 15) is 0 Å². The first kappa shape index (κ1) is 18.5. The van der Waals surface area contributed by atoms with Crippen LogP contribution in [0.5, 0.6) is 0 Å². The average molecular weight is 411 g/mol. The molecule has 0 amide bonds. The molecule has 2 nitrogen and oxygen atoms in total. The molecule has 0 N–H and O–H groups in total. The summed E-state index contributed by atoms with van der Waals surface area (Å²) in [5.41, 5.74) is 7.06. The van der Waals surface area contributed by atoms with Crippen LogP contribution in [0, 0.1) is 0 Å². The maximum Gasteiger partial charge on any atom is 0.0534 e. The minimum atomic E-state index is 1.15. The van der Waals surface area contributed by atoms with Gasteiger partial charge in [0.05, 0.1) is 11.0 Å². The largest absolute Gasteiger partial charge is 0.310 e. The second kappa shape index (κ2) is 7.75. The second-order valence-corrected chi connectivity index (χ2v) is 7.93. The topological polar surface area (TPSA) is 9.86 Å². The van der Waals surface area contributed by atoms with Crippen molar-refractivity contribution in [2.75, 3.05) is 0 Å². The van der Waals surface area contributed by atoms with Crippen molar-refractivity contribution >= 4 is 34.0 Å². The summed E-state index contributed by atoms with van der Waals surface area (Å²) in [6.45, 7) is 0. The Labute approximate surface area is 187 Å². The Morgan fingerprint density at radius 3 is 1.22 bits per heavy atom. The summed E-state index contributed by atoms with van der Waals surface area (Å²) in [6, 6.07) is 42.7. The lowest BCUT2D eigenvalue weighted by molar-refractivity contribution is 1.10. The number of benzene rings is 4. The zero-order valence-corrected chi connectivity index (χ0v) is 17.6. The number of aromatic nitrogens is 2. The van der Waals surface area contributed by atoms with Gasteiger partial charge in [0.2, 0.25) is 0 Å². The summed E-state index contributed by atoms with van der Waals surface area (Å²) in [5, 5.41) is 2.47. The van der Waals surface area contributed by atoms with Gasteiger partial charge in [0, 0.05) is 33.5 Å². The Hall–Kier alpha value is -4.30. The van der Waals surface area contributed by atoms with Gasteiger partial charge in [0.1, 0.15) is 0 Å². The minimum absolute atomic E-state index is 1.15. The van der Waals surface area contributed by atoms with Gasteiger partial charge in [-0.15, -0.1) is 0 Å². The Kier molecular flexibility index (Phi) is 4.47. The molecule has 0 aliphatic carbocycles. The highest BCUT2D eigenvalue weighted by Crippen LogP contribution is 2.28. The van der Waals surface area contributed by atoms with Crippen LogP contribution in [0.4, 0.5) is 0 Å². The molecule has 2 heterocycles. The first-order valence-corrected chi connectivity index (χ1v) is 10.9. The quantitative estimate of drug-likeness (QED) is 0.281. The Bertz CT molecular complexity index is 1430. The molecule has 0 bridgehead atoms. The molecule has 6 aromatic rings.